The number of hydrogen-bond acceptors (Lipinski definition) is 3. The maximum absolute atomic E-state index is 8.69. The van der Waals surface area contributed by atoms with Crippen LogP contribution in [-0.4, -0.2) is 42.9 Å². The van der Waals surface area contributed by atoms with E-state index >= 15 is 0 Å². The Balaban J connectivity index is 1.84. The molecule has 1 heterocycles. The average molecular weight is 273 g/mol. The van der Waals surface area contributed by atoms with Gasteiger partial charge >= 0.3 is 0 Å². The first-order chi connectivity index (χ1) is 9.81. The first kappa shape index (κ1) is 15.1. The minimum atomic E-state index is 0.127. The summed E-state index contributed by atoms with van der Waals surface area (Å²) >= 11 is 0. The van der Waals surface area contributed by atoms with E-state index in [0.29, 0.717) is 12.5 Å². The summed E-state index contributed by atoms with van der Waals surface area (Å²) in [5, 5.41) is 8.69. The van der Waals surface area contributed by atoms with Crippen LogP contribution in [0, 0.1) is 11.8 Å². The number of nitrogens with zero attached hydrogens (tertiary/aromatic N) is 1. The van der Waals surface area contributed by atoms with Gasteiger partial charge in [0, 0.05) is 38.7 Å². The maximum atomic E-state index is 8.69. The van der Waals surface area contributed by atoms with Gasteiger partial charge in [0.2, 0.25) is 0 Å². The number of piperidine rings is 1. The van der Waals surface area contributed by atoms with Gasteiger partial charge < -0.3 is 9.84 Å². The molecule has 0 aliphatic carbocycles. The summed E-state index contributed by atoms with van der Waals surface area (Å²) in [5.74, 6) is 5.99. The summed E-state index contributed by atoms with van der Waals surface area (Å²) < 4.78 is 5.39. The molecule has 0 aromatic heterocycles. The van der Waals surface area contributed by atoms with Crippen molar-refractivity contribution in [1.29, 1.82) is 0 Å². The minimum absolute atomic E-state index is 0.127. The largest absolute Gasteiger partial charge is 0.395 e. The lowest BCUT2D eigenvalue weighted by Crippen LogP contribution is -2.36. The predicted octanol–water partition coefficient (Wildman–Crippen LogP) is 2.03. The highest BCUT2D eigenvalue weighted by Crippen LogP contribution is 2.15. The topological polar surface area (TPSA) is 32.7 Å². The molecule has 1 N–H and O–H groups in total. The van der Waals surface area contributed by atoms with Crippen LogP contribution in [-0.2, 0) is 11.3 Å². The quantitative estimate of drug-likeness (QED) is 0.852. The number of hydrogen-bond donors (Lipinski definition) is 1. The van der Waals surface area contributed by atoms with E-state index in [4.69, 9.17) is 9.84 Å². The number of rotatable bonds is 4. The van der Waals surface area contributed by atoms with Gasteiger partial charge in [-0.15, -0.1) is 0 Å². The minimum Gasteiger partial charge on any atom is -0.395 e. The highest BCUT2D eigenvalue weighted by atomic mass is 16.5. The predicted molar refractivity (Wildman–Crippen MR) is 80.3 cm³/mol. The standard InChI is InChI=1S/C17H23NO2/c1-20-17-9-11-18(12-10-17)14-16-7-5-15(6-8-16)4-2-3-13-19/h5-8,17,19H,3,9-14H2,1H3. The molecule has 1 aromatic carbocycles. The van der Waals surface area contributed by atoms with Crippen LogP contribution in [0.15, 0.2) is 24.3 Å². The normalized spacial score (nSPS) is 16.7. The molecular formula is C17H23NO2. The molecule has 2 rings (SSSR count). The number of likely N-dealkylation sites (tertiary alicyclic amines) is 1. The molecule has 0 bridgehead atoms. The fourth-order valence-corrected chi connectivity index (χ4v) is 2.48. The Hall–Kier alpha value is -1.34. The zero-order valence-corrected chi connectivity index (χ0v) is 12.1. The molecule has 3 heteroatoms. The zero-order valence-electron chi connectivity index (χ0n) is 12.1. The molecule has 0 unspecified atom stereocenters. The molecule has 1 fully saturated rings. The van der Waals surface area contributed by atoms with E-state index in [2.05, 4.69) is 41.0 Å². The van der Waals surface area contributed by atoms with E-state index in [1.165, 1.54) is 5.56 Å². The van der Waals surface area contributed by atoms with Crippen molar-refractivity contribution >= 4 is 0 Å². The Morgan fingerprint density at radius 3 is 2.55 bits per heavy atom. The molecule has 20 heavy (non-hydrogen) atoms. The molecule has 1 aliphatic heterocycles. The Bertz CT molecular complexity index is 450. The second kappa shape index (κ2) is 8.06. The molecule has 0 spiro atoms. The molecule has 0 saturated carbocycles. The zero-order chi connectivity index (χ0) is 14.2. The molecule has 1 saturated heterocycles. The number of ether oxygens (including phenoxy) is 1. The van der Waals surface area contributed by atoms with Crippen molar-refractivity contribution in [3.05, 3.63) is 35.4 Å². The van der Waals surface area contributed by atoms with Crippen LogP contribution in [0.3, 0.4) is 0 Å². The van der Waals surface area contributed by atoms with E-state index in [9.17, 15) is 0 Å². The highest BCUT2D eigenvalue weighted by Gasteiger charge is 2.18. The van der Waals surface area contributed by atoms with Crippen LogP contribution in [0.2, 0.25) is 0 Å². The van der Waals surface area contributed by atoms with Crippen LogP contribution < -0.4 is 0 Å². The van der Waals surface area contributed by atoms with Crippen molar-refractivity contribution < 1.29 is 9.84 Å². The summed E-state index contributed by atoms with van der Waals surface area (Å²) in [6.07, 6.45) is 3.23. The lowest BCUT2D eigenvalue weighted by molar-refractivity contribution is 0.0388. The third-order valence-corrected chi connectivity index (χ3v) is 3.70. The van der Waals surface area contributed by atoms with E-state index in [-0.39, 0.29) is 6.61 Å². The van der Waals surface area contributed by atoms with Gasteiger partial charge in [0.25, 0.3) is 0 Å². The smallest absolute Gasteiger partial charge is 0.0595 e. The van der Waals surface area contributed by atoms with Crippen molar-refractivity contribution in [1.82, 2.24) is 4.90 Å². The van der Waals surface area contributed by atoms with Crippen molar-refractivity contribution in [3.63, 3.8) is 0 Å². The molecular weight excluding hydrogens is 250 g/mol. The lowest BCUT2D eigenvalue weighted by atomic mass is 10.1. The molecule has 1 aromatic rings. The van der Waals surface area contributed by atoms with Gasteiger partial charge in [-0.1, -0.05) is 24.0 Å². The van der Waals surface area contributed by atoms with Gasteiger partial charge in [0.05, 0.1) is 12.7 Å². The van der Waals surface area contributed by atoms with Crippen molar-refractivity contribution in [2.75, 3.05) is 26.8 Å². The Labute approximate surface area is 121 Å². The van der Waals surface area contributed by atoms with Crippen LogP contribution >= 0.6 is 0 Å². The van der Waals surface area contributed by atoms with E-state index in [1.54, 1.807) is 7.11 Å². The molecule has 0 radical (unpaired) electrons. The summed E-state index contributed by atoms with van der Waals surface area (Å²) in [5.41, 5.74) is 2.34. The van der Waals surface area contributed by atoms with E-state index in [0.717, 1.165) is 38.0 Å². The van der Waals surface area contributed by atoms with E-state index < -0.39 is 0 Å². The van der Waals surface area contributed by atoms with Gasteiger partial charge in [-0.3, -0.25) is 4.90 Å². The lowest BCUT2D eigenvalue weighted by Gasteiger charge is -2.31. The summed E-state index contributed by atoms with van der Waals surface area (Å²) in [4.78, 5) is 2.47. The highest BCUT2D eigenvalue weighted by molar-refractivity contribution is 5.36. The number of aliphatic hydroxyl groups is 1. The fraction of sp³-hybridized carbons (Fsp3) is 0.529. The number of benzene rings is 1. The molecule has 0 amide bonds. The number of aliphatic hydroxyl groups excluding tert-OH is 1. The summed E-state index contributed by atoms with van der Waals surface area (Å²) in [6, 6.07) is 8.40. The third kappa shape index (κ3) is 4.64. The van der Waals surface area contributed by atoms with Gasteiger partial charge in [-0.05, 0) is 30.5 Å². The second-order valence-electron chi connectivity index (χ2n) is 5.18. The Morgan fingerprint density at radius 1 is 1.25 bits per heavy atom. The molecule has 1 aliphatic rings. The third-order valence-electron chi connectivity index (χ3n) is 3.70. The van der Waals surface area contributed by atoms with Crippen LogP contribution in [0.25, 0.3) is 0 Å². The van der Waals surface area contributed by atoms with Crippen LogP contribution in [0.4, 0.5) is 0 Å². The van der Waals surface area contributed by atoms with Gasteiger partial charge in [0.1, 0.15) is 0 Å². The molecule has 0 atom stereocenters. The average Bonchev–Trinajstić information content (AvgIpc) is 2.50. The van der Waals surface area contributed by atoms with Crippen LogP contribution in [0.5, 0.6) is 0 Å². The number of methoxy groups -OCH3 is 1. The summed E-state index contributed by atoms with van der Waals surface area (Å²) in [7, 11) is 1.80. The second-order valence-corrected chi connectivity index (χ2v) is 5.18. The van der Waals surface area contributed by atoms with Gasteiger partial charge in [-0.2, -0.15) is 0 Å². The first-order valence-corrected chi connectivity index (χ1v) is 7.25. The van der Waals surface area contributed by atoms with Crippen molar-refractivity contribution in [3.8, 4) is 11.8 Å². The fourth-order valence-electron chi connectivity index (χ4n) is 2.48. The molecule has 108 valence electrons. The maximum Gasteiger partial charge on any atom is 0.0595 e. The van der Waals surface area contributed by atoms with Crippen molar-refractivity contribution in [2.24, 2.45) is 0 Å². The Morgan fingerprint density at radius 2 is 1.95 bits per heavy atom. The van der Waals surface area contributed by atoms with Crippen LogP contribution in [0.1, 0.15) is 30.4 Å². The van der Waals surface area contributed by atoms with Gasteiger partial charge in [0.15, 0.2) is 0 Å². The first-order valence-electron chi connectivity index (χ1n) is 7.25. The van der Waals surface area contributed by atoms with E-state index in [1.807, 2.05) is 0 Å². The monoisotopic (exact) mass is 273 g/mol. The van der Waals surface area contributed by atoms with Gasteiger partial charge in [-0.25, -0.2) is 0 Å². The SMILES string of the molecule is COC1CCN(Cc2ccc(C#CCCO)cc2)CC1. The summed E-state index contributed by atoms with van der Waals surface area (Å²) in [6.45, 7) is 3.34. The molecule has 3 nitrogen and oxygen atoms in total. The van der Waals surface area contributed by atoms with Crippen molar-refractivity contribution in [2.45, 2.75) is 31.9 Å². The Kier molecular flexibility index (Phi) is 6.07.